The number of hydrogen-bond donors (Lipinski definition) is 1. The third-order valence-electron chi connectivity index (χ3n) is 2.87. The van der Waals surface area contributed by atoms with Crippen molar-refractivity contribution in [1.29, 1.82) is 0 Å². The number of carbonyl (C=O) groups is 1. The third kappa shape index (κ3) is 2.93. The van der Waals surface area contributed by atoms with Crippen LogP contribution >= 0.6 is 0 Å². The standard InChI is InChI=1S/C12H16N6O/c1-3-9-6-5-7-13-11(9)12(19)18(4-2)8-10-14-16-17-15-10/h5-7H,3-4,8H2,1-2H3,(H,14,15,16,17). The number of aromatic nitrogens is 5. The fourth-order valence-electron chi connectivity index (χ4n) is 1.81. The molecule has 0 aliphatic heterocycles. The van der Waals surface area contributed by atoms with Gasteiger partial charge in [0.2, 0.25) is 0 Å². The van der Waals surface area contributed by atoms with Crippen LogP contribution in [0.5, 0.6) is 0 Å². The molecule has 0 bridgehead atoms. The van der Waals surface area contributed by atoms with Crippen molar-refractivity contribution in [2.45, 2.75) is 26.8 Å². The van der Waals surface area contributed by atoms with Crippen molar-refractivity contribution in [3.05, 3.63) is 35.4 Å². The Labute approximate surface area is 111 Å². The van der Waals surface area contributed by atoms with Crippen LogP contribution in [-0.4, -0.2) is 43.0 Å². The Balaban J connectivity index is 2.20. The van der Waals surface area contributed by atoms with Crippen molar-refractivity contribution in [2.75, 3.05) is 6.54 Å². The number of hydrogen-bond acceptors (Lipinski definition) is 5. The average molecular weight is 260 g/mol. The average Bonchev–Trinajstić information content (AvgIpc) is 2.97. The highest BCUT2D eigenvalue weighted by molar-refractivity contribution is 5.93. The van der Waals surface area contributed by atoms with Crippen molar-refractivity contribution in [2.24, 2.45) is 0 Å². The predicted octanol–water partition coefficient (Wildman–Crippen LogP) is 0.819. The minimum atomic E-state index is -0.107. The van der Waals surface area contributed by atoms with Gasteiger partial charge in [0, 0.05) is 12.7 Å². The topological polar surface area (TPSA) is 87.7 Å². The number of aromatic amines is 1. The number of nitrogens with zero attached hydrogens (tertiary/aromatic N) is 5. The molecule has 0 aliphatic carbocycles. The molecule has 0 saturated carbocycles. The van der Waals surface area contributed by atoms with Crippen LogP contribution < -0.4 is 0 Å². The number of H-pyrrole nitrogens is 1. The molecular formula is C12H16N6O. The van der Waals surface area contributed by atoms with E-state index in [0.29, 0.717) is 24.6 Å². The molecule has 1 amide bonds. The lowest BCUT2D eigenvalue weighted by atomic mass is 10.1. The molecule has 2 aromatic heterocycles. The molecule has 7 heteroatoms. The van der Waals surface area contributed by atoms with E-state index in [4.69, 9.17) is 0 Å². The van der Waals surface area contributed by atoms with E-state index in [1.165, 1.54) is 0 Å². The van der Waals surface area contributed by atoms with Gasteiger partial charge in [-0.15, -0.1) is 10.2 Å². The molecule has 2 aromatic rings. The summed E-state index contributed by atoms with van der Waals surface area (Å²) in [6.45, 7) is 4.80. The molecule has 0 saturated heterocycles. The molecule has 0 atom stereocenters. The summed E-state index contributed by atoms with van der Waals surface area (Å²) in [6.07, 6.45) is 2.41. The van der Waals surface area contributed by atoms with E-state index in [-0.39, 0.29) is 5.91 Å². The van der Waals surface area contributed by atoms with Gasteiger partial charge in [0.15, 0.2) is 5.82 Å². The molecular weight excluding hydrogens is 244 g/mol. The van der Waals surface area contributed by atoms with Crippen LogP contribution in [0.25, 0.3) is 0 Å². The van der Waals surface area contributed by atoms with Crippen LogP contribution in [0.15, 0.2) is 18.3 Å². The van der Waals surface area contributed by atoms with E-state index in [0.717, 1.165) is 12.0 Å². The van der Waals surface area contributed by atoms with Crippen molar-refractivity contribution in [3.8, 4) is 0 Å². The Hall–Kier alpha value is -2.31. The molecule has 19 heavy (non-hydrogen) atoms. The summed E-state index contributed by atoms with van der Waals surface area (Å²) < 4.78 is 0. The second-order valence-corrected chi connectivity index (χ2v) is 4.01. The van der Waals surface area contributed by atoms with E-state index >= 15 is 0 Å². The Morgan fingerprint density at radius 1 is 1.42 bits per heavy atom. The monoisotopic (exact) mass is 260 g/mol. The van der Waals surface area contributed by atoms with Gasteiger partial charge >= 0.3 is 0 Å². The molecule has 2 heterocycles. The fraction of sp³-hybridized carbons (Fsp3) is 0.417. The largest absolute Gasteiger partial charge is 0.330 e. The molecule has 0 radical (unpaired) electrons. The second kappa shape index (κ2) is 6.03. The summed E-state index contributed by atoms with van der Waals surface area (Å²) in [7, 11) is 0. The number of tetrazole rings is 1. The first-order valence-electron chi connectivity index (χ1n) is 6.21. The number of pyridine rings is 1. The van der Waals surface area contributed by atoms with Gasteiger partial charge in [-0.05, 0) is 25.0 Å². The molecule has 0 aromatic carbocycles. The molecule has 0 spiro atoms. The van der Waals surface area contributed by atoms with E-state index in [9.17, 15) is 4.79 Å². The molecule has 1 N–H and O–H groups in total. The molecule has 100 valence electrons. The first-order chi connectivity index (χ1) is 9.26. The van der Waals surface area contributed by atoms with Gasteiger partial charge in [-0.3, -0.25) is 9.78 Å². The SMILES string of the molecule is CCc1cccnc1C(=O)N(CC)Cc1nn[nH]n1. The van der Waals surface area contributed by atoms with Crippen molar-refractivity contribution >= 4 is 5.91 Å². The zero-order chi connectivity index (χ0) is 13.7. The van der Waals surface area contributed by atoms with Gasteiger partial charge in [0.25, 0.3) is 5.91 Å². The van der Waals surface area contributed by atoms with Crippen LogP contribution in [0.4, 0.5) is 0 Å². The molecule has 7 nitrogen and oxygen atoms in total. The molecule has 2 rings (SSSR count). The molecule has 0 aliphatic rings. The van der Waals surface area contributed by atoms with Crippen LogP contribution in [0.1, 0.15) is 35.7 Å². The predicted molar refractivity (Wildman–Crippen MR) is 68.2 cm³/mol. The smallest absolute Gasteiger partial charge is 0.273 e. The van der Waals surface area contributed by atoms with E-state index < -0.39 is 0 Å². The first-order valence-corrected chi connectivity index (χ1v) is 6.21. The van der Waals surface area contributed by atoms with Gasteiger partial charge in [0.1, 0.15) is 5.69 Å². The Kier molecular flexibility index (Phi) is 4.17. The number of nitrogens with one attached hydrogen (secondary N) is 1. The van der Waals surface area contributed by atoms with Gasteiger partial charge in [-0.2, -0.15) is 5.21 Å². The maximum Gasteiger partial charge on any atom is 0.273 e. The van der Waals surface area contributed by atoms with Gasteiger partial charge in [-0.1, -0.05) is 18.2 Å². The molecule has 0 fully saturated rings. The summed E-state index contributed by atoms with van der Waals surface area (Å²) >= 11 is 0. The molecule has 0 unspecified atom stereocenters. The second-order valence-electron chi connectivity index (χ2n) is 4.01. The maximum atomic E-state index is 12.5. The lowest BCUT2D eigenvalue weighted by Gasteiger charge is -2.19. The van der Waals surface area contributed by atoms with Crippen molar-refractivity contribution in [3.63, 3.8) is 0 Å². The quantitative estimate of drug-likeness (QED) is 0.859. The highest BCUT2D eigenvalue weighted by Gasteiger charge is 2.19. The normalized spacial score (nSPS) is 10.4. The van der Waals surface area contributed by atoms with Gasteiger partial charge in [0.05, 0.1) is 6.54 Å². The lowest BCUT2D eigenvalue weighted by molar-refractivity contribution is 0.0741. The van der Waals surface area contributed by atoms with Crippen molar-refractivity contribution in [1.82, 2.24) is 30.5 Å². The zero-order valence-corrected chi connectivity index (χ0v) is 11.0. The summed E-state index contributed by atoms with van der Waals surface area (Å²) in [5, 5.41) is 13.6. The van der Waals surface area contributed by atoms with E-state index in [2.05, 4.69) is 25.6 Å². The van der Waals surface area contributed by atoms with Gasteiger partial charge < -0.3 is 4.90 Å². The van der Waals surface area contributed by atoms with Crippen LogP contribution in [0.3, 0.4) is 0 Å². The highest BCUT2D eigenvalue weighted by atomic mass is 16.2. The zero-order valence-electron chi connectivity index (χ0n) is 11.0. The highest BCUT2D eigenvalue weighted by Crippen LogP contribution is 2.11. The lowest BCUT2D eigenvalue weighted by Crippen LogP contribution is -2.32. The number of amides is 1. The fourth-order valence-corrected chi connectivity index (χ4v) is 1.81. The van der Waals surface area contributed by atoms with Crippen LogP contribution in [0, 0.1) is 0 Å². The van der Waals surface area contributed by atoms with Crippen LogP contribution in [0.2, 0.25) is 0 Å². The maximum absolute atomic E-state index is 12.5. The number of aryl methyl sites for hydroxylation is 1. The summed E-state index contributed by atoms with van der Waals surface area (Å²) in [4.78, 5) is 18.3. The van der Waals surface area contributed by atoms with E-state index in [1.54, 1.807) is 11.1 Å². The number of carbonyl (C=O) groups excluding carboxylic acids is 1. The minimum absolute atomic E-state index is 0.107. The van der Waals surface area contributed by atoms with E-state index in [1.807, 2.05) is 26.0 Å². The van der Waals surface area contributed by atoms with Gasteiger partial charge in [-0.25, -0.2) is 0 Å². The minimum Gasteiger partial charge on any atom is -0.330 e. The first kappa shape index (κ1) is 13.1. The third-order valence-corrected chi connectivity index (χ3v) is 2.87. The summed E-state index contributed by atoms with van der Waals surface area (Å²) in [5.41, 5.74) is 1.44. The van der Waals surface area contributed by atoms with Crippen LogP contribution in [-0.2, 0) is 13.0 Å². The summed E-state index contributed by atoms with van der Waals surface area (Å²) in [5.74, 6) is 0.383. The van der Waals surface area contributed by atoms with Crippen molar-refractivity contribution < 1.29 is 4.79 Å². The Bertz CT molecular complexity index is 539. The summed E-state index contributed by atoms with van der Waals surface area (Å²) in [6, 6.07) is 3.76. The number of rotatable bonds is 5. The Morgan fingerprint density at radius 3 is 2.89 bits per heavy atom. The Morgan fingerprint density at radius 2 is 2.26 bits per heavy atom.